The van der Waals surface area contributed by atoms with Gasteiger partial charge in [-0.25, -0.2) is 13.2 Å². The monoisotopic (exact) mass is 460 g/mol. The molecule has 0 aliphatic heterocycles. The summed E-state index contributed by atoms with van der Waals surface area (Å²) in [5.74, 6) is 0.244. The van der Waals surface area contributed by atoms with Gasteiger partial charge in [-0.3, -0.25) is 5.32 Å². The Morgan fingerprint density at radius 2 is 1.56 bits per heavy atom. The molecule has 0 saturated heterocycles. The SMILES string of the molecule is CC(C)(C)c1cc(COC(=O)Nc2ccc(S(=O)(=O)N=[N+]=[N-])cc2)cc(C(C)(C)C)c1O. The fraction of sp³-hybridized carbons (Fsp3) is 0.409. The number of anilines is 1. The van der Waals surface area contributed by atoms with Crippen LogP contribution in [0, 0.1) is 0 Å². The Kier molecular flexibility index (Phi) is 7.12. The summed E-state index contributed by atoms with van der Waals surface area (Å²) in [4.78, 5) is 14.3. The first-order valence-electron chi connectivity index (χ1n) is 9.87. The molecular weight excluding hydrogens is 432 g/mol. The highest BCUT2D eigenvalue weighted by molar-refractivity contribution is 7.90. The summed E-state index contributed by atoms with van der Waals surface area (Å²) in [7, 11) is -4.09. The Morgan fingerprint density at radius 1 is 1.06 bits per heavy atom. The van der Waals surface area contributed by atoms with Crippen LogP contribution in [0.2, 0.25) is 0 Å². The maximum atomic E-state index is 12.2. The number of rotatable bonds is 5. The second-order valence-electron chi connectivity index (χ2n) is 9.41. The van der Waals surface area contributed by atoms with Gasteiger partial charge in [0.25, 0.3) is 10.0 Å². The third-order valence-electron chi connectivity index (χ3n) is 4.70. The molecule has 2 rings (SSSR count). The molecule has 0 aliphatic rings. The maximum Gasteiger partial charge on any atom is 0.411 e. The number of azide groups is 1. The predicted octanol–water partition coefficient (Wildman–Crippen LogP) is 5.73. The van der Waals surface area contributed by atoms with E-state index in [9.17, 15) is 18.3 Å². The lowest BCUT2D eigenvalue weighted by Gasteiger charge is -2.28. The lowest BCUT2D eigenvalue weighted by molar-refractivity contribution is 0.155. The van der Waals surface area contributed by atoms with Crippen molar-refractivity contribution in [2.45, 2.75) is 63.9 Å². The Morgan fingerprint density at radius 3 is 2.00 bits per heavy atom. The summed E-state index contributed by atoms with van der Waals surface area (Å²) in [5.41, 5.74) is 10.3. The average Bonchev–Trinajstić information content (AvgIpc) is 2.65. The van der Waals surface area contributed by atoms with Gasteiger partial charge in [-0.05, 0) is 69.4 Å². The minimum atomic E-state index is -4.09. The molecular formula is C22H28N4O5S. The van der Waals surface area contributed by atoms with E-state index in [0.717, 1.165) is 16.7 Å². The van der Waals surface area contributed by atoms with Gasteiger partial charge in [-0.1, -0.05) is 41.5 Å². The first kappa shape index (κ1) is 25.0. The number of hydrogen-bond acceptors (Lipinski definition) is 5. The van der Waals surface area contributed by atoms with Gasteiger partial charge in [-0.2, -0.15) is 0 Å². The molecule has 2 aromatic carbocycles. The van der Waals surface area contributed by atoms with Crippen LogP contribution >= 0.6 is 0 Å². The molecule has 1 amide bonds. The van der Waals surface area contributed by atoms with Crippen molar-refractivity contribution in [2.75, 3.05) is 5.32 Å². The molecule has 10 heteroatoms. The zero-order chi connectivity index (χ0) is 24.3. The van der Waals surface area contributed by atoms with Crippen LogP contribution < -0.4 is 5.32 Å². The van der Waals surface area contributed by atoms with E-state index >= 15 is 0 Å². The maximum absolute atomic E-state index is 12.2. The molecule has 0 heterocycles. The van der Waals surface area contributed by atoms with Crippen molar-refractivity contribution in [1.82, 2.24) is 0 Å². The van der Waals surface area contributed by atoms with E-state index in [1.165, 1.54) is 24.3 Å². The molecule has 2 N–H and O–H groups in total. The molecule has 0 fully saturated rings. The van der Waals surface area contributed by atoms with Crippen molar-refractivity contribution in [2.24, 2.45) is 4.52 Å². The molecule has 2 aromatic rings. The summed E-state index contributed by atoms with van der Waals surface area (Å²) < 4.78 is 31.5. The van der Waals surface area contributed by atoms with Gasteiger partial charge in [0.15, 0.2) is 0 Å². The van der Waals surface area contributed by atoms with Crippen molar-refractivity contribution < 1.29 is 23.1 Å². The normalized spacial score (nSPS) is 12.1. The summed E-state index contributed by atoms with van der Waals surface area (Å²) >= 11 is 0. The van der Waals surface area contributed by atoms with E-state index < -0.39 is 16.1 Å². The fourth-order valence-corrected chi connectivity index (χ4v) is 3.70. The third-order valence-corrected chi connectivity index (χ3v) is 5.85. The largest absolute Gasteiger partial charge is 0.507 e. The number of carbonyl (C=O) groups excluding carboxylic acids is 1. The quantitative estimate of drug-likeness (QED) is 0.333. The minimum Gasteiger partial charge on any atom is -0.507 e. The molecule has 172 valence electrons. The number of nitrogens with zero attached hydrogens (tertiary/aromatic N) is 3. The lowest BCUT2D eigenvalue weighted by Crippen LogP contribution is -2.19. The molecule has 0 aliphatic carbocycles. The van der Waals surface area contributed by atoms with Crippen LogP contribution in [0.4, 0.5) is 10.5 Å². The zero-order valence-electron chi connectivity index (χ0n) is 19.0. The van der Waals surface area contributed by atoms with Crippen molar-refractivity contribution >= 4 is 21.8 Å². The van der Waals surface area contributed by atoms with Gasteiger partial charge >= 0.3 is 6.09 Å². The van der Waals surface area contributed by atoms with Crippen LogP contribution in [0.15, 0.2) is 45.8 Å². The van der Waals surface area contributed by atoms with Crippen LogP contribution in [0.1, 0.15) is 58.2 Å². The number of sulfonamides is 1. The lowest BCUT2D eigenvalue weighted by atomic mass is 9.78. The molecule has 9 nitrogen and oxygen atoms in total. The average molecular weight is 461 g/mol. The summed E-state index contributed by atoms with van der Waals surface area (Å²) in [6, 6.07) is 8.80. The zero-order valence-corrected chi connectivity index (χ0v) is 19.8. The van der Waals surface area contributed by atoms with Gasteiger partial charge in [0.05, 0.1) is 4.90 Å². The molecule has 0 unspecified atom stereocenters. The van der Waals surface area contributed by atoms with Gasteiger partial charge in [0.2, 0.25) is 0 Å². The van der Waals surface area contributed by atoms with Crippen LogP contribution in [-0.4, -0.2) is 19.6 Å². The number of aromatic hydroxyl groups is 1. The van der Waals surface area contributed by atoms with Crippen LogP contribution in [0.3, 0.4) is 0 Å². The number of nitrogens with one attached hydrogen (secondary N) is 1. The molecule has 0 bridgehead atoms. The minimum absolute atomic E-state index is 0.0123. The first-order chi connectivity index (χ1) is 14.6. The van der Waals surface area contributed by atoms with E-state index in [1.54, 1.807) is 0 Å². The predicted molar refractivity (Wildman–Crippen MR) is 122 cm³/mol. The van der Waals surface area contributed by atoms with Crippen LogP contribution in [-0.2, 0) is 32.2 Å². The number of ether oxygens (including phenoxy) is 1. The molecule has 0 spiro atoms. The highest BCUT2D eigenvalue weighted by Crippen LogP contribution is 2.39. The van der Waals surface area contributed by atoms with E-state index in [2.05, 4.69) is 14.7 Å². The number of hydrogen-bond donors (Lipinski definition) is 2. The Bertz CT molecular complexity index is 1120. The molecule has 0 saturated carbocycles. The fourth-order valence-electron chi connectivity index (χ4n) is 3.03. The van der Waals surface area contributed by atoms with Crippen molar-refractivity contribution in [3.05, 3.63) is 63.5 Å². The molecule has 0 radical (unpaired) electrons. The van der Waals surface area contributed by atoms with Gasteiger partial charge in [0, 0.05) is 15.1 Å². The van der Waals surface area contributed by atoms with Crippen LogP contribution in [0.5, 0.6) is 5.75 Å². The topological polar surface area (TPSA) is 141 Å². The number of amides is 1. The molecule has 32 heavy (non-hydrogen) atoms. The standard InChI is InChI=1S/C22H28N4O5S/c1-21(2,3)17-11-14(12-18(19(17)27)22(4,5)6)13-31-20(28)24-15-7-9-16(10-8-15)32(29,30)26-25-23/h7-12,27H,13H2,1-6H3,(H,24,28). The Balaban J connectivity index is 2.17. The van der Waals surface area contributed by atoms with Gasteiger partial charge in [-0.15, -0.1) is 0 Å². The van der Waals surface area contributed by atoms with Crippen molar-refractivity contribution in [1.29, 1.82) is 0 Å². The highest BCUT2D eigenvalue weighted by atomic mass is 32.2. The summed E-state index contributed by atoms with van der Waals surface area (Å²) in [6.07, 6.45) is -0.724. The third kappa shape index (κ3) is 6.15. The Hall–Kier alpha value is -3.23. The second kappa shape index (κ2) is 9.10. The molecule has 0 atom stereocenters. The smallest absolute Gasteiger partial charge is 0.411 e. The van der Waals surface area contributed by atoms with Crippen molar-refractivity contribution in [3.63, 3.8) is 0 Å². The number of carbonyl (C=O) groups is 1. The second-order valence-corrected chi connectivity index (χ2v) is 11.0. The van der Waals surface area contributed by atoms with E-state index in [4.69, 9.17) is 10.3 Å². The highest BCUT2D eigenvalue weighted by Gasteiger charge is 2.26. The van der Waals surface area contributed by atoms with Gasteiger partial charge in [0.1, 0.15) is 12.4 Å². The van der Waals surface area contributed by atoms with E-state index in [0.29, 0.717) is 5.69 Å². The van der Waals surface area contributed by atoms with E-state index in [1.807, 2.05) is 53.7 Å². The first-order valence-corrected chi connectivity index (χ1v) is 11.3. The van der Waals surface area contributed by atoms with Crippen molar-refractivity contribution in [3.8, 4) is 5.75 Å². The molecule has 0 aromatic heterocycles. The summed E-state index contributed by atoms with van der Waals surface area (Å²) in [6.45, 7) is 12.0. The number of phenolic OH excluding ortho intramolecular Hbond substituents is 1. The van der Waals surface area contributed by atoms with Gasteiger partial charge < -0.3 is 9.84 Å². The number of benzene rings is 2. The number of phenols is 1. The Labute approximate surface area is 188 Å². The summed E-state index contributed by atoms with van der Waals surface area (Å²) in [5, 5.41) is 13.3. The van der Waals surface area contributed by atoms with E-state index in [-0.39, 0.29) is 28.1 Å². The van der Waals surface area contributed by atoms with Crippen LogP contribution in [0.25, 0.3) is 10.4 Å².